The van der Waals surface area contributed by atoms with Crippen molar-refractivity contribution in [2.24, 2.45) is 0 Å². The maximum absolute atomic E-state index is 6.03. The monoisotopic (exact) mass is 388 g/mol. The minimum Gasteiger partial charge on any atom is -0.460 e. The Hall–Kier alpha value is -0.710. The van der Waals surface area contributed by atoms with Crippen LogP contribution in [-0.4, -0.2) is 30.1 Å². The number of likely N-dealkylation sites (tertiary alicyclic amines) is 1. The molecule has 24 heavy (non-hydrogen) atoms. The van der Waals surface area contributed by atoms with Crippen LogP contribution in [0.15, 0.2) is 40.8 Å². The number of fused-ring (bicyclic) bond motifs is 2. The van der Waals surface area contributed by atoms with E-state index in [4.69, 9.17) is 16.0 Å². The lowest BCUT2D eigenvalue weighted by Crippen LogP contribution is -2.34. The van der Waals surface area contributed by atoms with Crippen molar-refractivity contribution in [2.45, 2.75) is 37.9 Å². The molecule has 3 nitrogen and oxygen atoms in total. The molecule has 2 aliphatic heterocycles. The van der Waals surface area contributed by atoms with Gasteiger partial charge in [-0.3, -0.25) is 4.90 Å². The lowest BCUT2D eigenvalue weighted by molar-refractivity contribution is 0.232. The molecule has 0 saturated carbocycles. The number of nitrogens with one attached hydrogen (secondary N) is 1. The van der Waals surface area contributed by atoms with E-state index in [2.05, 4.69) is 22.3 Å². The molecule has 6 heteroatoms. The van der Waals surface area contributed by atoms with E-state index in [1.807, 2.05) is 24.3 Å². The van der Waals surface area contributed by atoms with Crippen LogP contribution < -0.4 is 5.32 Å². The number of halogens is 3. The van der Waals surface area contributed by atoms with Gasteiger partial charge in [0.1, 0.15) is 11.5 Å². The minimum absolute atomic E-state index is 0. The number of benzene rings is 1. The van der Waals surface area contributed by atoms with Crippen molar-refractivity contribution in [3.8, 4) is 11.3 Å². The Kier molecular flexibility index (Phi) is 7.02. The van der Waals surface area contributed by atoms with E-state index >= 15 is 0 Å². The van der Waals surface area contributed by atoms with Crippen LogP contribution in [0.2, 0.25) is 5.02 Å². The van der Waals surface area contributed by atoms with Crippen LogP contribution >= 0.6 is 36.4 Å². The lowest BCUT2D eigenvalue weighted by Gasteiger charge is -2.22. The molecule has 1 aromatic carbocycles. The van der Waals surface area contributed by atoms with Gasteiger partial charge in [0.25, 0.3) is 0 Å². The molecule has 2 atom stereocenters. The smallest absolute Gasteiger partial charge is 0.134 e. The Morgan fingerprint density at radius 3 is 2.54 bits per heavy atom. The highest BCUT2D eigenvalue weighted by atomic mass is 35.5. The van der Waals surface area contributed by atoms with Crippen molar-refractivity contribution in [1.29, 1.82) is 0 Å². The molecule has 1 aromatic heterocycles. The van der Waals surface area contributed by atoms with Crippen molar-refractivity contribution in [3.63, 3.8) is 0 Å². The maximum atomic E-state index is 6.03. The zero-order chi connectivity index (χ0) is 14.9. The zero-order valence-corrected chi connectivity index (χ0v) is 15.8. The van der Waals surface area contributed by atoms with E-state index in [1.165, 1.54) is 19.3 Å². The summed E-state index contributed by atoms with van der Waals surface area (Å²) in [6.07, 6.45) is 3.91. The summed E-state index contributed by atoms with van der Waals surface area (Å²) in [6, 6.07) is 13.3. The third-order valence-corrected chi connectivity index (χ3v) is 5.03. The zero-order valence-electron chi connectivity index (χ0n) is 13.4. The van der Waals surface area contributed by atoms with E-state index in [1.54, 1.807) is 0 Å². The molecule has 0 unspecified atom stereocenters. The first kappa shape index (κ1) is 19.6. The van der Waals surface area contributed by atoms with Crippen LogP contribution in [0.1, 0.15) is 25.0 Å². The molecule has 132 valence electrons. The Labute approximate surface area is 160 Å². The molecule has 0 radical (unpaired) electrons. The summed E-state index contributed by atoms with van der Waals surface area (Å²) in [6.45, 7) is 3.19. The van der Waals surface area contributed by atoms with Gasteiger partial charge in [0.15, 0.2) is 0 Å². The summed E-state index contributed by atoms with van der Waals surface area (Å²) in [5, 5.41) is 4.47. The average Bonchev–Trinajstić information content (AvgIpc) is 3.09. The Morgan fingerprint density at radius 2 is 1.75 bits per heavy atom. The molecule has 2 saturated heterocycles. The molecular weight excluding hydrogens is 367 g/mol. The number of furan rings is 1. The standard InChI is InChI=1S/C18H21ClN2O.2ClH/c19-14-3-1-13(2-4-14)18-8-7-17(22-18)12-21-10-9-15-5-6-16(11-21)20-15;;/h1-4,7-8,15-16,20H,5-6,9-12H2;2*1H/t15-,16+;;/m1../s1. The Morgan fingerprint density at radius 1 is 1.00 bits per heavy atom. The maximum Gasteiger partial charge on any atom is 0.134 e. The van der Waals surface area contributed by atoms with Crippen LogP contribution in [-0.2, 0) is 6.54 Å². The lowest BCUT2D eigenvalue weighted by atomic mass is 10.1. The molecule has 0 aliphatic carbocycles. The van der Waals surface area contributed by atoms with Crippen molar-refractivity contribution in [2.75, 3.05) is 13.1 Å². The van der Waals surface area contributed by atoms with Crippen LogP contribution in [0.3, 0.4) is 0 Å². The van der Waals surface area contributed by atoms with Gasteiger partial charge in [-0.05, 0) is 55.7 Å². The number of rotatable bonds is 3. The quantitative estimate of drug-likeness (QED) is 0.819. The molecule has 3 heterocycles. The van der Waals surface area contributed by atoms with Crippen molar-refractivity contribution in [3.05, 3.63) is 47.2 Å². The first-order valence-corrected chi connectivity index (χ1v) is 8.47. The second-order valence-electron chi connectivity index (χ2n) is 6.43. The predicted octanol–water partition coefficient (Wildman–Crippen LogP) is 4.77. The van der Waals surface area contributed by atoms with Crippen molar-refractivity contribution >= 4 is 36.4 Å². The highest BCUT2D eigenvalue weighted by molar-refractivity contribution is 6.30. The van der Waals surface area contributed by atoms with Gasteiger partial charge >= 0.3 is 0 Å². The van der Waals surface area contributed by atoms with E-state index in [0.29, 0.717) is 6.04 Å². The normalized spacial score (nSPS) is 23.2. The fraction of sp³-hybridized carbons (Fsp3) is 0.444. The summed E-state index contributed by atoms with van der Waals surface area (Å²) in [5.41, 5.74) is 1.08. The summed E-state index contributed by atoms with van der Waals surface area (Å²) in [4.78, 5) is 2.52. The van der Waals surface area contributed by atoms with Gasteiger partial charge in [0, 0.05) is 35.8 Å². The number of hydrogen-bond acceptors (Lipinski definition) is 3. The molecule has 0 spiro atoms. The molecule has 2 aliphatic rings. The molecule has 2 fully saturated rings. The topological polar surface area (TPSA) is 28.4 Å². The second kappa shape index (κ2) is 8.59. The van der Waals surface area contributed by atoms with Crippen LogP contribution in [0, 0.1) is 0 Å². The number of nitrogens with zero attached hydrogens (tertiary/aromatic N) is 1. The first-order chi connectivity index (χ1) is 10.8. The highest BCUT2D eigenvalue weighted by Gasteiger charge is 2.29. The molecule has 0 amide bonds. The molecule has 4 rings (SSSR count). The second-order valence-corrected chi connectivity index (χ2v) is 6.87. The fourth-order valence-corrected chi connectivity index (χ4v) is 3.74. The van der Waals surface area contributed by atoms with Crippen molar-refractivity contribution < 1.29 is 4.42 Å². The highest BCUT2D eigenvalue weighted by Crippen LogP contribution is 2.26. The van der Waals surface area contributed by atoms with E-state index in [-0.39, 0.29) is 24.8 Å². The summed E-state index contributed by atoms with van der Waals surface area (Å²) in [7, 11) is 0. The summed E-state index contributed by atoms with van der Waals surface area (Å²) >= 11 is 5.94. The van der Waals surface area contributed by atoms with E-state index in [9.17, 15) is 0 Å². The van der Waals surface area contributed by atoms with Gasteiger partial charge in [-0.1, -0.05) is 11.6 Å². The third-order valence-electron chi connectivity index (χ3n) is 4.78. The van der Waals surface area contributed by atoms with Crippen LogP contribution in [0.5, 0.6) is 0 Å². The summed E-state index contributed by atoms with van der Waals surface area (Å²) in [5.74, 6) is 1.96. The Balaban J connectivity index is 0.00000104. The van der Waals surface area contributed by atoms with Crippen LogP contribution in [0.25, 0.3) is 11.3 Å². The molecule has 2 bridgehead atoms. The molecule has 1 N–H and O–H groups in total. The number of hydrogen-bond donors (Lipinski definition) is 1. The average molecular weight is 390 g/mol. The summed E-state index contributed by atoms with van der Waals surface area (Å²) < 4.78 is 6.03. The predicted molar refractivity (Wildman–Crippen MR) is 103 cm³/mol. The molecular formula is C18H23Cl3N2O. The van der Waals surface area contributed by atoms with E-state index in [0.717, 1.165) is 47.8 Å². The van der Waals surface area contributed by atoms with Gasteiger partial charge in [0.05, 0.1) is 6.54 Å². The Bertz CT molecular complexity index is 644. The molecule has 2 aromatic rings. The van der Waals surface area contributed by atoms with Gasteiger partial charge in [-0.25, -0.2) is 0 Å². The van der Waals surface area contributed by atoms with Gasteiger partial charge in [0.2, 0.25) is 0 Å². The van der Waals surface area contributed by atoms with Crippen molar-refractivity contribution in [1.82, 2.24) is 10.2 Å². The largest absolute Gasteiger partial charge is 0.460 e. The van der Waals surface area contributed by atoms with E-state index < -0.39 is 0 Å². The fourth-order valence-electron chi connectivity index (χ4n) is 3.61. The third kappa shape index (κ3) is 4.47. The van der Waals surface area contributed by atoms with Gasteiger partial charge < -0.3 is 9.73 Å². The van der Waals surface area contributed by atoms with Gasteiger partial charge in [-0.15, -0.1) is 24.8 Å². The first-order valence-electron chi connectivity index (χ1n) is 8.09. The minimum atomic E-state index is 0. The van der Waals surface area contributed by atoms with Gasteiger partial charge in [-0.2, -0.15) is 0 Å². The van der Waals surface area contributed by atoms with Crippen LogP contribution in [0.4, 0.5) is 0 Å². The SMILES string of the molecule is Cl.Cl.Clc1ccc(-c2ccc(CN3CC[C@H]4CC[C@@H](C3)N4)o2)cc1.